The van der Waals surface area contributed by atoms with E-state index in [9.17, 15) is 4.79 Å². The van der Waals surface area contributed by atoms with Gasteiger partial charge in [0.2, 0.25) is 0 Å². The van der Waals surface area contributed by atoms with Gasteiger partial charge in [0.15, 0.2) is 0 Å². The molecule has 19 heavy (non-hydrogen) atoms. The normalized spacial score (nSPS) is 10.6. The van der Waals surface area contributed by atoms with Gasteiger partial charge in [0, 0.05) is 12.1 Å². The highest BCUT2D eigenvalue weighted by molar-refractivity contribution is 5.68. The number of nitrogens with zero attached hydrogens (tertiary/aromatic N) is 2. The molecule has 0 bridgehead atoms. The van der Waals surface area contributed by atoms with Crippen LogP contribution in [0.25, 0.3) is 0 Å². The Morgan fingerprint density at radius 3 is 2.47 bits per heavy atom. The lowest BCUT2D eigenvalue weighted by Crippen LogP contribution is -2.46. The molecule has 0 atom stereocenters. The van der Waals surface area contributed by atoms with Gasteiger partial charge in [0.25, 0.3) is 0 Å². The average Bonchev–Trinajstić information content (AvgIpc) is 2.36. The Kier molecular flexibility index (Phi) is 5.37. The monoisotopic (exact) mass is 260 g/mol. The fourth-order valence-corrected chi connectivity index (χ4v) is 1.66. The molecule has 4 heteroatoms. The minimum absolute atomic E-state index is 0.249. The van der Waals surface area contributed by atoms with E-state index in [0.29, 0.717) is 13.0 Å². The first-order chi connectivity index (χ1) is 8.95. The van der Waals surface area contributed by atoms with Crippen LogP contribution in [-0.4, -0.2) is 23.1 Å². The van der Waals surface area contributed by atoms with Gasteiger partial charge in [-0.05, 0) is 26.3 Å². The molecule has 0 aliphatic heterocycles. The third-order valence-electron chi connectivity index (χ3n) is 2.68. The summed E-state index contributed by atoms with van der Waals surface area (Å²) in [6, 6.07) is 11.6. The Morgan fingerprint density at radius 1 is 1.32 bits per heavy atom. The molecule has 0 radical (unpaired) electrons. The Bertz CT molecular complexity index is 443. The summed E-state index contributed by atoms with van der Waals surface area (Å²) in [5.41, 5.74) is 0.593. The third kappa shape index (κ3) is 5.01. The van der Waals surface area contributed by atoms with Gasteiger partial charge < -0.3 is 9.64 Å². The smallest absolute Gasteiger partial charge is 0.410 e. The van der Waals surface area contributed by atoms with Gasteiger partial charge in [-0.15, -0.1) is 0 Å². The van der Waals surface area contributed by atoms with Crippen LogP contribution < -0.4 is 0 Å². The lowest BCUT2D eigenvalue weighted by molar-refractivity contribution is 0.0639. The molecule has 0 aromatic heterocycles. The summed E-state index contributed by atoms with van der Waals surface area (Å²) in [5.74, 6) is 0. The van der Waals surface area contributed by atoms with Crippen LogP contribution in [0.5, 0.6) is 0 Å². The van der Waals surface area contributed by atoms with E-state index in [-0.39, 0.29) is 18.2 Å². The van der Waals surface area contributed by atoms with Crippen molar-refractivity contribution in [3.8, 4) is 6.07 Å². The first kappa shape index (κ1) is 15.0. The largest absolute Gasteiger partial charge is 0.445 e. The molecule has 102 valence electrons. The zero-order chi connectivity index (χ0) is 14.3. The van der Waals surface area contributed by atoms with Crippen molar-refractivity contribution in [1.82, 2.24) is 4.90 Å². The summed E-state index contributed by atoms with van der Waals surface area (Å²) in [5, 5.41) is 8.64. The van der Waals surface area contributed by atoms with E-state index < -0.39 is 0 Å². The van der Waals surface area contributed by atoms with Crippen molar-refractivity contribution in [1.29, 1.82) is 5.26 Å². The number of ether oxygens (including phenoxy) is 1. The topological polar surface area (TPSA) is 53.3 Å². The van der Waals surface area contributed by atoms with Crippen molar-refractivity contribution in [2.45, 2.75) is 39.3 Å². The van der Waals surface area contributed by atoms with E-state index in [0.717, 1.165) is 5.56 Å². The second-order valence-corrected chi connectivity index (χ2v) is 5.27. The summed E-state index contributed by atoms with van der Waals surface area (Å²) < 4.78 is 5.29. The van der Waals surface area contributed by atoms with Crippen LogP contribution in [0.3, 0.4) is 0 Å². The second-order valence-electron chi connectivity index (χ2n) is 5.27. The number of nitriles is 1. The third-order valence-corrected chi connectivity index (χ3v) is 2.68. The number of hydrogen-bond donors (Lipinski definition) is 0. The SMILES string of the molecule is CC(C)(C)N(CCC#N)C(=O)OCc1ccccc1. The first-order valence-corrected chi connectivity index (χ1v) is 6.30. The predicted octanol–water partition coefficient (Wildman–Crippen LogP) is 3.34. The number of hydrogen-bond acceptors (Lipinski definition) is 3. The fourth-order valence-electron chi connectivity index (χ4n) is 1.66. The molecule has 0 aliphatic carbocycles. The molecule has 1 aromatic rings. The highest BCUT2D eigenvalue weighted by Crippen LogP contribution is 2.16. The van der Waals surface area contributed by atoms with E-state index in [1.807, 2.05) is 57.2 Å². The van der Waals surface area contributed by atoms with Crippen LogP contribution in [0.2, 0.25) is 0 Å². The van der Waals surface area contributed by atoms with Crippen molar-refractivity contribution in [2.75, 3.05) is 6.54 Å². The van der Waals surface area contributed by atoms with Crippen molar-refractivity contribution in [2.24, 2.45) is 0 Å². The summed E-state index contributed by atoms with van der Waals surface area (Å²) in [6.45, 7) is 6.41. The van der Waals surface area contributed by atoms with Gasteiger partial charge in [0.1, 0.15) is 6.61 Å². The molecule has 1 amide bonds. The predicted molar refractivity (Wildman–Crippen MR) is 73.3 cm³/mol. The maximum atomic E-state index is 12.1. The van der Waals surface area contributed by atoms with E-state index in [1.54, 1.807) is 4.90 Å². The van der Waals surface area contributed by atoms with E-state index in [2.05, 4.69) is 0 Å². The summed E-state index contributed by atoms with van der Waals surface area (Å²) in [4.78, 5) is 13.6. The Morgan fingerprint density at radius 2 is 1.95 bits per heavy atom. The molecule has 0 saturated carbocycles. The molecule has 0 saturated heterocycles. The van der Waals surface area contributed by atoms with Gasteiger partial charge in [-0.3, -0.25) is 0 Å². The van der Waals surface area contributed by atoms with E-state index >= 15 is 0 Å². The molecule has 1 aromatic carbocycles. The van der Waals surface area contributed by atoms with Crippen molar-refractivity contribution >= 4 is 6.09 Å². The summed E-state index contributed by atoms with van der Waals surface area (Å²) in [7, 11) is 0. The average molecular weight is 260 g/mol. The van der Waals surface area contributed by atoms with Crippen LogP contribution in [0.15, 0.2) is 30.3 Å². The van der Waals surface area contributed by atoms with Crippen LogP contribution in [0.4, 0.5) is 4.79 Å². The maximum absolute atomic E-state index is 12.1. The maximum Gasteiger partial charge on any atom is 0.410 e. The number of amides is 1. The minimum atomic E-state index is -0.383. The standard InChI is InChI=1S/C15H20N2O2/c1-15(2,3)17(11-7-10-16)14(18)19-12-13-8-5-4-6-9-13/h4-6,8-9H,7,11-12H2,1-3H3. The van der Waals surface area contributed by atoms with Gasteiger partial charge >= 0.3 is 6.09 Å². The lowest BCUT2D eigenvalue weighted by atomic mass is 10.1. The van der Waals surface area contributed by atoms with Crippen LogP contribution in [0, 0.1) is 11.3 Å². The molecule has 1 rings (SSSR count). The molecule has 0 spiro atoms. The highest BCUT2D eigenvalue weighted by atomic mass is 16.6. The van der Waals surface area contributed by atoms with Crippen molar-refractivity contribution in [3.05, 3.63) is 35.9 Å². The molecular weight excluding hydrogens is 240 g/mol. The second kappa shape index (κ2) is 6.79. The molecular formula is C15H20N2O2. The molecule has 0 unspecified atom stereocenters. The minimum Gasteiger partial charge on any atom is -0.445 e. The molecule has 0 fully saturated rings. The molecule has 0 aliphatic rings. The van der Waals surface area contributed by atoms with Gasteiger partial charge in [-0.25, -0.2) is 4.79 Å². The summed E-state index contributed by atoms with van der Waals surface area (Å²) >= 11 is 0. The number of carbonyl (C=O) groups excluding carboxylic acids is 1. The lowest BCUT2D eigenvalue weighted by Gasteiger charge is -2.34. The van der Waals surface area contributed by atoms with Gasteiger partial charge in [-0.2, -0.15) is 5.26 Å². The van der Waals surface area contributed by atoms with Gasteiger partial charge in [-0.1, -0.05) is 30.3 Å². The zero-order valence-corrected chi connectivity index (χ0v) is 11.7. The van der Waals surface area contributed by atoms with E-state index in [4.69, 9.17) is 10.00 Å². The zero-order valence-electron chi connectivity index (χ0n) is 11.7. The Balaban J connectivity index is 2.60. The number of rotatable bonds is 4. The number of carbonyl (C=O) groups is 1. The Labute approximate surface area is 114 Å². The van der Waals surface area contributed by atoms with Crippen LogP contribution in [0.1, 0.15) is 32.8 Å². The van der Waals surface area contributed by atoms with Gasteiger partial charge in [0.05, 0.1) is 12.5 Å². The first-order valence-electron chi connectivity index (χ1n) is 6.30. The van der Waals surface area contributed by atoms with E-state index in [1.165, 1.54) is 0 Å². The molecule has 4 nitrogen and oxygen atoms in total. The quantitative estimate of drug-likeness (QED) is 0.834. The van der Waals surface area contributed by atoms with Crippen LogP contribution >= 0.6 is 0 Å². The molecule has 0 N–H and O–H groups in total. The summed E-state index contributed by atoms with van der Waals surface area (Å²) in [6.07, 6.45) is -0.0795. The van der Waals surface area contributed by atoms with Crippen LogP contribution in [-0.2, 0) is 11.3 Å². The van der Waals surface area contributed by atoms with Crippen molar-refractivity contribution < 1.29 is 9.53 Å². The number of benzene rings is 1. The van der Waals surface area contributed by atoms with Crippen molar-refractivity contribution in [3.63, 3.8) is 0 Å². The highest BCUT2D eigenvalue weighted by Gasteiger charge is 2.27. The molecule has 0 heterocycles. The Hall–Kier alpha value is -2.02. The fraction of sp³-hybridized carbons (Fsp3) is 0.467.